The van der Waals surface area contributed by atoms with Crippen molar-refractivity contribution in [1.82, 2.24) is 5.32 Å². The first-order valence-corrected chi connectivity index (χ1v) is 7.38. The Labute approximate surface area is 122 Å². The highest BCUT2D eigenvalue weighted by atomic mass is 35.5. The monoisotopic (exact) mass is 283 g/mol. The highest BCUT2D eigenvalue weighted by Gasteiger charge is 2.32. The number of aryl methyl sites for hydroxylation is 1. The third-order valence-electron chi connectivity index (χ3n) is 3.99. The first-order valence-electron chi connectivity index (χ1n) is 7.00. The predicted octanol–water partition coefficient (Wildman–Crippen LogP) is 3.98. The summed E-state index contributed by atoms with van der Waals surface area (Å²) in [5.74, 6) is 0. The number of hydrogen-bond acceptors (Lipinski definition) is 2. The molecule has 0 aliphatic carbocycles. The molecule has 3 heteroatoms. The van der Waals surface area contributed by atoms with Gasteiger partial charge in [-0.15, -0.1) is 0 Å². The molecule has 0 aromatic heterocycles. The van der Waals surface area contributed by atoms with Gasteiger partial charge in [0.25, 0.3) is 0 Å². The third-order valence-corrected chi connectivity index (χ3v) is 4.34. The quantitative estimate of drug-likeness (QED) is 0.817. The van der Waals surface area contributed by atoms with Gasteiger partial charge in [0.05, 0.1) is 5.60 Å². The number of methoxy groups -OCH3 is 1. The van der Waals surface area contributed by atoms with Crippen LogP contribution in [0.15, 0.2) is 18.2 Å². The van der Waals surface area contributed by atoms with Gasteiger partial charge in [0.15, 0.2) is 0 Å². The second kappa shape index (κ2) is 7.28. The number of ether oxygens (including phenoxy) is 1. The Bertz CT molecular complexity index is 402. The third kappa shape index (κ3) is 4.20. The summed E-state index contributed by atoms with van der Waals surface area (Å²) in [6.45, 7) is 9.42. The maximum atomic E-state index is 6.34. The molecule has 0 heterocycles. The Morgan fingerprint density at radius 2 is 2.05 bits per heavy atom. The molecular weight excluding hydrogens is 258 g/mol. The van der Waals surface area contributed by atoms with E-state index in [9.17, 15) is 0 Å². The molecule has 19 heavy (non-hydrogen) atoms. The summed E-state index contributed by atoms with van der Waals surface area (Å²) < 4.78 is 5.73. The van der Waals surface area contributed by atoms with Crippen LogP contribution in [0.3, 0.4) is 0 Å². The van der Waals surface area contributed by atoms with E-state index < -0.39 is 0 Å². The lowest BCUT2D eigenvalue weighted by Crippen LogP contribution is -2.51. The van der Waals surface area contributed by atoms with Crippen LogP contribution in [0.1, 0.15) is 38.3 Å². The minimum absolute atomic E-state index is 0.176. The lowest BCUT2D eigenvalue weighted by Gasteiger charge is -2.36. The Balaban J connectivity index is 2.95. The van der Waals surface area contributed by atoms with Gasteiger partial charge in [-0.3, -0.25) is 0 Å². The van der Waals surface area contributed by atoms with Crippen molar-refractivity contribution in [2.45, 2.75) is 52.2 Å². The first kappa shape index (κ1) is 16.5. The number of hydrogen-bond donors (Lipinski definition) is 1. The Hall–Kier alpha value is -0.570. The number of halogens is 1. The molecular formula is C16H26ClNO. The maximum Gasteiger partial charge on any atom is 0.0803 e. The largest absolute Gasteiger partial charge is 0.377 e. The van der Waals surface area contributed by atoms with Crippen molar-refractivity contribution < 1.29 is 4.74 Å². The van der Waals surface area contributed by atoms with E-state index in [1.807, 2.05) is 6.07 Å². The number of nitrogens with one attached hydrogen (secondary N) is 1. The molecule has 108 valence electrons. The molecule has 2 atom stereocenters. The van der Waals surface area contributed by atoms with Crippen LogP contribution in [-0.4, -0.2) is 25.3 Å². The van der Waals surface area contributed by atoms with Crippen molar-refractivity contribution in [3.63, 3.8) is 0 Å². The van der Waals surface area contributed by atoms with Crippen molar-refractivity contribution in [3.05, 3.63) is 34.3 Å². The van der Waals surface area contributed by atoms with Crippen LogP contribution < -0.4 is 5.32 Å². The van der Waals surface area contributed by atoms with Gasteiger partial charge in [-0.2, -0.15) is 0 Å². The summed E-state index contributed by atoms with van der Waals surface area (Å²) in [5.41, 5.74) is 2.19. The van der Waals surface area contributed by atoms with Crippen LogP contribution in [0, 0.1) is 6.92 Å². The molecule has 0 spiro atoms. The lowest BCUT2D eigenvalue weighted by molar-refractivity contribution is -0.0283. The zero-order valence-corrected chi connectivity index (χ0v) is 13.5. The summed E-state index contributed by atoms with van der Waals surface area (Å²) in [6.07, 6.45) is 1.84. The van der Waals surface area contributed by atoms with E-state index >= 15 is 0 Å². The number of benzene rings is 1. The second-order valence-corrected chi connectivity index (χ2v) is 5.69. The molecule has 1 aromatic carbocycles. The van der Waals surface area contributed by atoms with Crippen molar-refractivity contribution in [2.24, 2.45) is 0 Å². The zero-order valence-electron chi connectivity index (χ0n) is 12.7. The summed E-state index contributed by atoms with van der Waals surface area (Å²) in [7, 11) is 1.78. The van der Waals surface area contributed by atoms with Crippen molar-refractivity contribution in [2.75, 3.05) is 13.7 Å². The van der Waals surface area contributed by atoms with E-state index in [2.05, 4.69) is 45.1 Å². The van der Waals surface area contributed by atoms with E-state index in [1.165, 1.54) is 11.1 Å². The summed E-state index contributed by atoms with van der Waals surface area (Å²) >= 11 is 6.34. The van der Waals surface area contributed by atoms with Crippen molar-refractivity contribution in [3.8, 4) is 0 Å². The fourth-order valence-electron chi connectivity index (χ4n) is 2.32. The fourth-order valence-corrected chi connectivity index (χ4v) is 2.63. The van der Waals surface area contributed by atoms with Gasteiger partial charge in [-0.25, -0.2) is 0 Å². The molecule has 1 rings (SSSR count). The topological polar surface area (TPSA) is 21.3 Å². The normalized spacial score (nSPS) is 16.1. The molecule has 0 fully saturated rings. The molecule has 0 aliphatic heterocycles. The Morgan fingerprint density at radius 3 is 2.53 bits per heavy atom. The molecule has 0 bridgehead atoms. The maximum absolute atomic E-state index is 6.34. The van der Waals surface area contributed by atoms with Gasteiger partial charge >= 0.3 is 0 Å². The van der Waals surface area contributed by atoms with Crippen LogP contribution in [0.2, 0.25) is 5.02 Å². The highest BCUT2D eigenvalue weighted by Crippen LogP contribution is 2.26. The summed E-state index contributed by atoms with van der Waals surface area (Å²) in [4.78, 5) is 0. The van der Waals surface area contributed by atoms with Crippen molar-refractivity contribution in [1.29, 1.82) is 0 Å². The van der Waals surface area contributed by atoms with E-state index in [-0.39, 0.29) is 11.6 Å². The van der Waals surface area contributed by atoms with E-state index in [1.54, 1.807) is 7.11 Å². The zero-order chi connectivity index (χ0) is 14.5. The summed E-state index contributed by atoms with van der Waals surface area (Å²) in [6, 6.07) is 6.51. The van der Waals surface area contributed by atoms with E-state index in [4.69, 9.17) is 16.3 Å². The average Bonchev–Trinajstić information content (AvgIpc) is 2.40. The molecule has 0 amide bonds. The second-order valence-electron chi connectivity index (χ2n) is 5.28. The van der Waals surface area contributed by atoms with Gasteiger partial charge < -0.3 is 10.1 Å². The number of likely N-dealkylation sites (N-methyl/N-ethyl adjacent to an activating group) is 1. The molecule has 0 saturated heterocycles. The van der Waals surface area contributed by atoms with Gasteiger partial charge in [-0.1, -0.05) is 37.6 Å². The van der Waals surface area contributed by atoms with Gasteiger partial charge in [0.1, 0.15) is 0 Å². The standard InChI is InChI=1S/C16H26ClNO/c1-6-16(4,19-5)15(18-7-2)11-13-9-8-12(3)10-14(13)17/h8-10,15,18H,6-7,11H2,1-5H3. The van der Waals surface area contributed by atoms with Gasteiger partial charge in [-0.05, 0) is 50.4 Å². The minimum atomic E-state index is -0.176. The van der Waals surface area contributed by atoms with E-state index in [0.717, 1.165) is 24.4 Å². The fraction of sp³-hybridized carbons (Fsp3) is 0.625. The Morgan fingerprint density at radius 1 is 1.37 bits per heavy atom. The lowest BCUT2D eigenvalue weighted by atomic mass is 9.88. The smallest absolute Gasteiger partial charge is 0.0803 e. The predicted molar refractivity (Wildman–Crippen MR) is 83.1 cm³/mol. The minimum Gasteiger partial charge on any atom is -0.377 e. The molecule has 2 unspecified atom stereocenters. The molecule has 0 aliphatic rings. The van der Waals surface area contributed by atoms with Crippen LogP contribution in [-0.2, 0) is 11.2 Å². The number of rotatable bonds is 7. The molecule has 1 N–H and O–H groups in total. The van der Waals surface area contributed by atoms with Crippen LogP contribution in [0.5, 0.6) is 0 Å². The molecule has 0 radical (unpaired) electrons. The average molecular weight is 284 g/mol. The summed E-state index contributed by atoms with van der Waals surface area (Å²) in [5, 5.41) is 4.38. The molecule has 1 aromatic rings. The van der Waals surface area contributed by atoms with Gasteiger partial charge in [0, 0.05) is 18.2 Å². The highest BCUT2D eigenvalue weighted by molar-refractivity contribution is 6.31. The van der Waals surface area contributed by atoms with Crippen molar-refractivity contribution >= 4 is 11.6 Å². The first-order chi connectivity index (χ1) is 8.96. The SMILES string of the molecule is CCNC(Cc1ccc(C)cc1Cl)C(C)(CC)OC. The van der Waals surface area contributed by atoms with E-state index in [0.29, 0.717) is 0 Å². The Kier molecular flexibility index (Phi) is 6.31. The molecule has 0 saturated carbocycles. The van der Waals surface area contributed by atoms with Crippen LogP contribution in [0.4, 0.5) is 0 Å². The van der Waals surface area contributed by atoms with Crippen LogP contribution in [0.25, 0.3) is 0 Å². The molecule has 2 nitrogen and oxygen atoms in total. The van der Waals surface area contributed by atoms with Gasteiger partial charge in [0.2, 0.25) is 0 Å². The van der Waals surface area contributed by atoms with Crippen LogP contribution >= 0.6 is 11.6 Å².